The van der Waals surface area contributed by atoms with Crippen molar-refractivity contribution in [3.63, 3.8) is 0 Å². The van der Waals surface area contributed by atoms with Crippen LogP contribution in [0.1, 0.15) is 18.5 Å². The van der Waals surface area contributed by atoms with E-state index in [1.807, 2.05) is 31.2 Å². The van der Waals surface area contributed by atoms with Crippen LogP contribution in [0.4, 0.5) is 11.4 Å². The maximum atomic E-state index is 10.9. The largest absolute Gasteiger partial charge is 0.490 e. The summed E-state index contributed by atoms with van der Waals surface area (Å²) in [7, 11) is 1.41. The van der Waals surface area contributed by atoms with Gasteiger partial charge in [-0.05, 0) is 30.7 Å². The molecule has 1 N–H and O–H groups in total. The maximum Gasteiger partial charge on any atom is 0.311 e. The molecule has 110 valence electrons. The minimum Gasteiger partial charge on any atom is -0.490 e. The number of nitro benzene ring substituents is 1. The Morgan fingerprint density at radius 3 is 2.67 bits per heavy atom. The Bertz CT molecular complexity index is 661. The number of hydrogen-bond donors (Lipinski definition) is 1. The van der Waals surface area contributed by atoms with Crippen LogP contribution < -0.4 is 10.1 Å². The van der Waals surface area contributed by atoms with Gasteiger partial charge in [0.25, 0.3) is 0 Å². The Hall–Kier alpha value is -2.27. The zero-order valence-corrected chi connectivity index (χ0v) is 12.4. The van der Waals surface area contributed by atoms with E-state index >= 15 is 0 Å². The monoisotopic (exact) mass is 306 g/mol. The lowest BCUT2D eigenvalue weighted by Gasteiger charge is -2.16. The molecule has 0 aliphatic heterocycles. The third kappa shape index (κ3) is 3.64. The van der Waals surface area contributed by atoms with Crippen LogP contribution >= 0.6 is 11.6 Å². The van der Waals surface area contributed by atoms with E-state index in [0.29, 0.717) is 5.02 Å². The molecule has 2 rings (SSSR count). The Balaban J connectivity index is 2.21. The number of hydrogen-bond acceptors (Lipinski definition) is 4. The van der Waals surface area contributed by atoms with E-state index in [4.69, 9.17) is 16.3 Å². The van der Waals surface area contributed by atoms with Gasteiger partial charge in [-0.1, -0.05) is 23.7 Å². The molecule has 0 spiro atoms. The third-order valence-electron chi connectivity index (χ3n) is 3.11. The number of nitrogens with zero attached hydrogens (tertiary/aromatic N) is 1. The summed E-state index contributed by atoms with van der Waals surface area (Å²) >= 11 is 5.97. The summed E-state index contributed by atoms with van der Waals surface area (Å²) in [5.41, 5.74) is 1.71. The molecule has 0 amide bonds. The fraction of sp³-hybridized carbons (Fsp3) is 0.200. The van der Waals surface area contributed by atoms with Crippen molar-refractivity contribution < 1.29 is 9.66 Å². The summed E-state index contributed by atoms with van der Waals surface area (Å²) in [6.07, 6.45) is 0. The highest BCUT2D eigenvalue weighted by atomic mass is 35.5. The summed E-state index contributed by atoms with van der Waals surface area (Å²) in [4.78, 5) is 10.4. The van der Waals surface area contributed by atoms with E-state index in [0.717, 1.165) is 11.3 Å². The zero-order valence-electron chi connectivity index (χ0n) is 11.7. The quantitative estimate of drug-likeness (QED) is 0.655. The molecule has 0 saturated carbocycles. The van der Waals surface area contributed by atoms with E-state index in [1.165, 1.54) is 13.2 Å². The van der Waals surface area contributed by atoms with Gasteiger partial charge in [0.05, 0.1) is 12.0 Å². The smallest absolute Gasteiger partial charge is 0.311 e. The Morgan fingerprint density at radius 1 is 1.29 bits per heavy atom. The summed E-state index contributed by atoms with van der Waals surface area (Å²) < 4.78 is 5.05. The van der Waals surface area contributed by atoms with Crippen molar-refractivity contribution in [1.29, 1.82) is 0 Å². The van der Waals surface area contributed by atoms with E-state index in [-0.39, 0.29) is 17.5 Å². The van der Waals surface area contributed by atoms with Crippen LogP contribution in [0, 0.1) is 10.1 Å². The van der Waals surface area contributed by atoms with Crippen molar-refractivity contribution >= 4 is 23.0 Å². The fourth-order valence-electron chi connectivity index (χ4n) is 2.03. The van der Waals surface area contributed by atoms with Gasteiger partial charge < -0.3 is 10.1 Å². The van der Waals surface area contributed by atoms with Gasteiger partial charge in [-0.25, -0.2) is 0 Å². The highest BCUT2D eigenvalue weighted by Crippen LogP contribution is 2.31. The number of halogens is 1. The van der Waals surface area contributed by atoms with Crippen LogP contribution in [0.5, 0.6) is 5.75 Å². The minimum atomic E-state index is -0.469. The Kier molecular flexibility index (Phi) is 4.65. The molecule has 2 aromatic rings. The predicted octanol–water partition coefficient (Wildman–Crippen LogP) is 4.43. The molecular formula is C15H15ClN2O3. The molecule has 21 heavy (non-hydrogen) atoms. The molecule has 0 bridgehead atoms. The first-order valence-corrected chi connectivity index (χ1v) is 6.73. The van der Waals surface area contributed by atoms with Crippen LogP contribution in [0.25, 0.3) is 0 Å². The molecule has 6 heteroatoms. The summed E-state index contributed by atoms with van der Waals surface area (Å²) in [5, 5.41) is 14.8. The van der Waals surface area contributed by atoms with Crippen molar-refractivity contribution in [3.05, 3.63) is 63.2 Å². The van der Waals surface area contributed by atoms with E-state index < -0.39 is 4.92 Å². The van der Waals surface area contributed by atoms with Gasteiger partial charge in [0.2, 0.25) is 0 Å². The van der Waals surface area contributed by atoms with Gasteiger partial charge >= 0.3 is 5.69 Å². The summed E-state index contributed by atoms with van der Waals surface area (Å²) in [5.74, 6) is 0.225. The first-order valence-electron chi connectivity index (χ1n) is 6.35. The van der Waals surface area contributed by atoms with Crippen LogP contribution in [0.2, 0.25) is 5.02 Å². The van der Waals surface area contributed by atoms with Gasteiger partial charge in [0.1, 0.15) is 0 Å². The van der Waals surface area contributed by atoms with Gasteiger partial charge in [-0.15, -0.1) is 0 Å². The van der Waals surface area contributed by atoms with Crippen molar-refractivity contribution in [2.24, 2.45) is 0 Å². The lowest BCUT2D eigenvalue weighted by atomic mass is 10.1. The Morgan fingerprint density at radius 2 is 2.05 bits per heavy atom. The highest BCUT2D eigenvalue weighted by Gasteiger charge is 2.15. The molecule has 0 saturated heterocycles. The van der Waals surface area contributed by atoms with E-state index in [9.17, 15) is 10.1 Å². The average molecular weight is 307 g/mol. The van der Waals surface area contributed by atoms with Crippen molar-refractivity contribution in [2.45, 2.75) is 13.0 Å². The average Bonchev–Trinajstić information content (AvgIpc) is 2.46. The van der Waals surface area contributed by atoms with E-state index in [1.54, 1.807) is 12.1 Å². The van der Waals surface area contributed by atoms with Crippen LogP contribution in [0.3, 0.4) is 0 Å². The molecule has 2 aromatic carbocycles. The summed E-state index contributed by atoms with van der Waals surface area (Å²) in [6, 6.07) is 12.2. The van der Waals surface area contributed by atoms with Gasteiger partial charge in [0.15, 0.2) is 5.75 Å². The number of ether oxygens (including phenoxy) is 1. The molecular weight excluding hydrogens is 292 g/mol. The lowest BCUT2D eigenvalue weighted by Crippen LogP contribution is -2.07. The summed E-state index contributed by atoms with van der Waals surface area (Å²) in [6.45, 7) is 1.99. The van der Waals surface area contributed by atoms with Gasteiger partial charge in [-0.3, -0.25) is 10.1 Å². The van der Waals surface area contributed by atoms with Crippen LogP contribution in [0.15, 0.2) is 42.5 Å². The molecule has 0 fully saturated rings. The number of nitro groups is 1. The number of anilines is 1. The topological polar surface area (TPSA) is 64.4 Å². The van der Waals surface area contributed by atoms with Crippen LogP contribution in [-0.4, -0.2) is 12.0 Å². The predicted molar refractivity (Wildman–Crippen MR) is 83.1 cm³/mol. The molecule has 1 atom stereocenters. The molecule has 0 heterocycles. The highest BCUT2D eigenvalue weighted by molar-refractivity contribution is 6.30. The van der Waals surface area contributed by atoms with Crippen molar-refractivity contribution in [1.82, 2.24) is 0 Å². The zero-order chi connectivity index (χ0) is 15.4. The van der Waals surface area contributed by atoms with E-state index in [2.05, 4.69) is 5.32 Å². The number of nitrogens with one attached hydrogen (secondary N) is 1. The third-order valence-corrected chi connectivity index (χ3v) is 3.34. The molecule has 5 nitrogen and oxygen atoms in total. The molecule has 0 radical (unpaired) electrons. The van der Waals surface area contributed by atoms with Crippen molar-refractivity contribution in [2.75, 3.05) is 12.4 Å². The molecule has 0 aliphatic rings. The second kappa shape index (κ2) is 6.45. The maximum absolute atomic E-state index is 10.9. The standard InChI is InChI=1S/C15H15ClN2O3/c1-10(11-4-3-5-12(16)8-11)17-13-6-7-14(18(19)20)15(9-13)21-2/h3-10,17H,1-2H3. The number of rotatable bonds is 5. The van der Waals surface area contributed by atoms with Gasteiger partial charge in [0, 0.05) is 28.9 Å². The fourth-order valence-corrected chi connectivity index (χ4v) is 2.23. The van der Waals surface area contributed by atoms with Crippen molar-refractivity contribution in [3.8, 4) is 5.75 Å². The molecule has 0 aromatic heterocycles. The normalized spacial score (nSPS) is 11.8. The first-order chi connectivity index (χ1) is 10.0. The van der Waals surface area contributed by atoms with Crippen LogP contribution in [-0.2, 0) is 0 Å². The Labute approximate surface area is 127 Å². The SMILES string of the molecule is COc1cc(NC(C)c2cccc(Cl)c2)ccc1[N+](=O)[O-]. The minimum absolute atomic E-state index is 0.00913. The lowest BCUT2D eigenvalue weighted by molar-refractivity contribution is -0.385. The second-order valence-electron chi connectivity index (χ2n) is 4.56. The molecule has 0 aliphatic carbocycles. The molecule has 1 unspecified atom stereocenters. The number of benzene rings is 2. The number of methoxy groups -OCH3 is 1. The first kappa shape index (κ1) is 15.1. The second-order valence-corrected chi connectivity index (χ2v) is 5.00. The van der Waals surface area contributed by atoms with Gasteiger partial charge in [-0.2, -0.15) is 0 Å².